The second kappa shape index (κ2) is 27.7. The van der Waals surface area contributed by atoms with Gasteiger partial charge < -0.3 is 0 Å². The summed E-state index contributed by atoms with van der Waals surface area (Å²) in [5.74, 6) is 13.3. The molecule has 0 aliphatic heterocycles. The molecule has 0 aliphatic carbocycles. The van der Waals surface area contributed by atoms with Gasteiger partial charge in [0.1, 0.15) is 0 Å². The first-order valence-electron chi connectivity index (χ1n) is 18.0. The Bertz CT molecular complexity index is 1230. The number of rotatable bonds is 21. The fraction of sp³-hybridized carbons (Fsp3) is 0.571. The summed E-state index contributed by atoms with van der Waals surface area (Å²) < 4.78 is 0. The molecule has 3 heteroatoms. The first-order chi connectivity index (χ1) is 21.7. The largest absolute Gasteiger partial charge is 0.251 e. The molecule has 0 bridgehead atoms. The predicted molar refractivity (Wildman–Crippen MR) is 196 cm³/mol. The molecule has 0 saturated carbocycles. The van der Waals surface area contributed by atoms with Crippen molar-refractivity contribution in [1.29, 1.82) is 0 Å². The van der Waals surface area contributed by atoms with Gasteiger partial charge >= 0.3 is 0 Å². The van der Waals surface area contributed by atoms with Crippen LogP contribution in [0.2, 0.25) is 0 Å². The molecule has 0 fully saturated rings. The number of aliphatic imine (C=N–C) groups is 2. The first kappa shape index (κ1) is 40.4. The molecule has 45 heavy (non-hydrogen) atoms. The summed E-state index contributed by atoms with van der Waals surface area (Å²) in [4.78, 5) is 10.8. The van der Waals surface area contributed by atoms with E-state index in [0.29, 0.717) is 0 Å². The quantitative estimate of drug-likeness (QED) is 0.0555. The summed E-state index contributed by atoms with van der Waals surface area (Å²) in [6.07, 6.45) is 22.2. The van der Waals surface area contributed by atoms with Gasteiger partial charge in [0.15, 0.2) is 0 Å². The molecule has 0 atom stereocenters. The smallest absolute Gasteiger partial charge is 0.0665 e. The van der Waals surface area contributed by atoms with Gasteiger partial charge in [-0.25, -0.2) is 0 Å². The van der Waals surface area contributed by atoms with Crippen LogP contribution in [0.15, 0.2) is 58.5 Å². The van der Waals surface area contributed by atoms with E-state index in [2.05, 4.69) is 99.9 Å². The normalized spacial score (nSPS) is 11.3. The average molecular weight is 652 g/mol. The number of unbranched alkanes of at least 4 members (excludes halogenated alkanes) is 10. The van der Waals surface area contributed by atoms with Crippen LogP contribution in [-0.4, -0.2) is 11.4 Å². The minimum atomic E-state index is 0. The van der Waals surface area contributed by atoms with Crippen LogP contribution in [0.4, 0.5) is 11.4 Å². The Morgan fingerprint density at radius 3 is 1.38 bits per heavy atom. The zero-order valence-corrected chi connectivity index (χ0v) is 30.0. The van der Waals surface area contributed by atoms with Crippen LogP contribution in [0, 0.1) is 23.7 Å². The number of hydrogen-bond acceptors (Lipinski definition) is 2. The molecule has 2 rings (SSSR count). The standard InChI is InChI=1S/C42H60N2.Ni/c1-5-9-13-16-19-22-29-37-31-25-27-34-39(37)43-41(33-12-8-4)42(36-24-21-18-15-11-7-3)44-40-35-28-26-32-38(40)30-23-20-17-14-10-6-2;/h25-28,31-32,34-35H,5-12,15,18-24,29-30,33,36H2,1-4H3;. The van der Waals surface area contributed by atoms with Crippen molar-refractivity contribution < 1.29 is 16.5 Å². The van der Waals surface area contributed by atoms with E-state index in [9.17, 15) is 0 Å². The van der Waals surface area contributed by atoms with E-state index in [1.165, 1.54) is 61.1 Å². The van der Waals surface area contributed by atoms with Gasteiger partial charge in [0.05, 0.1) is 22.8 Å². The van der Waals surface area contributed by atoms with E-state index in [1.807, 2.05) is 0 Å². The van der Waals surface area contributed by atoms with E-state index in [0.717, 1.165) is 101 Å². The van der Waals surface area contributed by atoms with Crippen LogP contribution < -0.4 is 0 Å². The van der Waals surface area contributed by atoms with Crippen molar-refractivity contribution in [1.82, 2.24) is 0 Å². The second-order valence-corrected chi connectivity index (χ2v) is 11.9. The number of para-hydroxylation sites is 2. The molecule has 0 spiro atoms. The monoisotopic (exact) mass is 650 g/mol. The minimum Gasteiger partial charge on any atom is -0.251 e. The maximum atomic E-state index is 5.44. The Morgan fingerprint density at radius 2 is 0.889 bits per heavy atom. The van der Waals surface area contributed by atoms with Crippen molar-refractivity contribution in [2.45, 2.75) is 156 Å². The Labute approximate surface area is 287 Å². The number of hydrogen-bond donors (Lipinski definition) is 0. The van der Waals surface area contributed by atoms with E-state index in [4.69, 9.17) is 9.98 Å². The summed E-state index contributed by atoms with van der Waals surface area (Å²) in [6, 6.07) is 17.5. The Balaban J connectivity index is 0.0000101. The van der Waals surface area contributed by atoms with Crippen molar-refractivity contribution in [2.75, 3.05) is 0 Å². The maximum Gasteiger partial charge on any atom is 0.0665 e. The van der Waals surface area contributed by atoms with Gasteiger partial charge in [0.25, 0.3) is 0 Å². The van der Waals surface area contributed by atoms with Gasteiger partial charge in [-0.3, -0.25) is 9.98 Å². The van der Waals surface area contributed by atoms with Gasteiger partial charge in [-0.15, -0.1) is 23.7 Å². The Hall–Kier alpha value is -2.61. The molecule has 0 amide bonds. The molecule has 0 unspecified atom stereocenters. The number of nitrogens with zero attached hydrogens (tertiary/aromatic N) is 2. The first-order valence-corrected chi connectivity index (χ1v) is 18.0. The van der Waals surface area contributed by atoms with E-state index in [-0.39, 0.29) is 16.5 Å². The van der Waals surface area contributed by atoms with Crippen molar-refractivity contribution in [3.63, 3.8) is 0 Å². The minimum absolute atomic E-state index is 0. The molecule has 0 saturated heterocycles. The van der Waals surface area contributed by atoms with E-state index < -0.39 is 0 Å². The summed E-state index contributed by atoms with van der Waals surface area (Å²) in [5, 5.41) is 0. The molecular weight excluding hydrogens is 591 g/mol. The summed E-state index contributed by atoms with van der Waals surface area (Å²) >= 11 is 0. The fourth-order valence-electron chi connectivity index (χ4n) is 5.24. The summed E-state index contributed by atoms with van der Waals surface area (Å²) in [5.41, 5.74) is 7.22. The van der Waals surface area contributed by atoms with Crippen LogP contribution in [0.3, 0.4) is 0 Å². The third kappa shape index (κ3) is 18.2. The molecule has 248 valence electrons. The van der Waals surface area contributed by atoms with Gasteiger partial charge in [-0.05, 0) is 87.5 Å². The Morgan fingerprint density at radius 1 is 0.467 bits per heavy atom. The van der Waals surface area contributed by atoms with Gasteiger partial charge in [0.2, 0.25) is 0 Å². The van der Waals surface area contributed by atoms with Crippen LogP contribution >= 0.6 is 0 Å². The fourth-order valence-corrected chi connectivity index (χ4v) is 5.24. The second-order valence-electron chi connectivity index (χ2n) is 11.9. The van der Waals surface area contributed by atoms with Crippen LogP contribution in [-0.2, 0) is 29.3 Å². The third-order valence-corrected chi connectivity index (χ3v) is 7.86. The van der Waals surface area contributed by atoms with Gasteiger partial charge in [-0.2, -0.15) is 0 Å². The molecule has 0 N–H and O–H groups in total. The number of benzene rings is 2. The maximum absolute atomic E-state index is 5.44. The number of aryl methyl sites for hydroxylation is 2. The molecule has 0 heterocycles. The van der Waals surface area contributed by atoms with Gasteiger partial charge in [-0.1, -0.05) is 103 Å². The molecule has 0 aromatic heterocycles. The average Bonchev–Trinajstić information content (AvgIpc) is 3.05. The molecule has 0 radical (unpaired) electrons. The van der Waals surface area contributed by atoms with Crippen molar-refractivity contribution in [3.05, 3.63) is 59.7 Å². The third-order valence-electron chi connectivity index (χ3n) is 7.86. The zero-order valence-electron chi connectivity index (χ0n) is 29.0. The van der Waals surface area contributed by atoms with Crippen LogP contribution in [0.1, 0.15) is 154 Å². The SMILES string of the molecule is CCCC#CCCCc1ccccc1N=C(CCCC)C(CCCCCCCC)=Nc1ccccc1CCCC#CCCC.[Ni]. The predicted octanol–water partition coefficient (Wildman–Crippen LogP) is 12.7. The molecule has 2 nitrogen and oxygen atoms in total. The van der Waals surface area contributed by atoms with Crippen molar-refractivity contribution in [2.24, 2.45) is 9.98 Å². The summed E-state index contributed by atoms with van der Waals surface area (Å²) in [7, 11) is 0. The van der Waals surface area contributed by atoms with Crippen LogP contribution in [0.25, 0.3) is 0 Å². The Kier molecular flexibility index (Phi) is 24.9. The van der Waals surface area contributed by atoms with Crippen LogP contribution in [0.5, 0.6) is 0 Å². The van der Waals surface area contributed by atoms with E-state index in [1.54, 1.807) is 0 Å². The van der Waals surface area contributed by atoms with Gasteiger partial charge in [0, 0.05) is 42.2 Å². The topological polar surface area (TPSA) is 24.7 Å². The molecule has 2 aromatic rings. The van der Waals surface area contributed by atoms with Crippen molar-refractivity contribution in [3.8, 4) is 23.7 Å². The molecule has 0 aliphatic rings. The van der Waals surface area contributed by atoms with Crippen molar-refractivity contribution >= 4 is 22.8 Å². The summed E-state index contributed by atoms with van der Waals surface area (Å²) in [6.45, 7) is 8.93. The van der Waals surface area contributed by atoms with E-state index >= 15 is 0 Å². The molecule has 2 aromatic carbocycles. The molecular formula is C42H60N2Ni. The zero-order chi connectivity index (χ0) is 31.5.